The molecule has 0 bridgehead atoms. The van der Waals surface area contributed by atoms with Gasteiger partial charge in [0.1, 0.15) is 11.8 Å². The van der Waals surface area contributed by atoms with Crippen LogP contribution in [0.25, 0.3) is 0 Å². The fourth-order valence-electron chi connectivity index (χ4n) is 1.52. The van der Waals surface area contributed by atoms with Crippen molar-refractivity contribution in [1.29, 1.82) is 5.26 Å². The van der Waals surface area contributed by atoms with Crippen LogP contribution in [0.1, 0.15) is 19.0 Å². The van der Waals surface area contributed by atoms with Crippen LogP contribution in [-0.4, -0.2) is 28.7 Å². The first-order valence-corrected chi connectivity index (χ1v) is 4.81. The molecule has 5 heteroatoms. The maximum atomic E-state index is 8.69. The average molecular weight is 204 g/mol. The molecule has 1 aromatic rings. The smallest absolute Gasteiger partial charge is 0.224 e. The summed E-state index contributed by atoms with van der Waals surface area (Å²) in [4.78, 5) is 8.13. The van der Waals surface area contributed by atoms with Crippen molar-refractivity contribution in [1.82, 2.24) is 9.97 Å². The lowest BCUT2D eigenvalue weighted by Gasteiger charge is -2.23. The minimum atomic E-state index is -0.117. The average Bonchev–Trinajstić information content (AvgIpc) is 2.65. The molecular formula is C10H12N4O. The zero-order valence-electron chi connectivity index (χ0n) is 8.53. The summed E-state index contributed by atoms with van der Waals surface area (Å²) in [6.45, 7) is 3.46. The number of hydrogen-bond acceptors (Lipinski definition) is 5. The van der Waals surface area contributed by atoms with Gasteiger partial charge in [0, 0.05) is 12.8 Å². The van der Waals surface area contributed by atoms with E-state index in [4.69, 9.17) is 10.00 Å². The van der Waals surface area contributed by atoms with Crippen molar-refractivity contribution in [3.05, 3.63) is 18.0 Å². The summed E-state index contributed by atoms with van der Waals surface area (Å²) in [6, 6.07) is 3.56. The summed E-state index contributed by atoms with van der Waals surface area (Å²) < 4.78 is 5.31. The monoisotopic (exact) mass is 204 g/mol. The first kappa shape index (κ1) is 9.87. The second-order valence-corrected chi connectivity index (χ2v) is 3.87. The highest BCUT2D eigenvalue weighted by atomic mass is 16.5. The Morgan fingerprint density at radius 2 is 2.53 bits per heavy atom. The standard InChI is InChI=1S/C10H12N4O/c1-10(3-5-15-7-10)14-9-12-4-2-8(6-11)13-9/h2,4H,3,5,7H2,1H3,(H,12,13,14). The maximum Gasteiger partial charge on any atom is 0.224 e. The molecule has 1 aliphatic rings. The molecular weight excluding hydrogens is 192 g/mol. The molecule has 1 saturated heterocycles. The Morgan fingerprint density at radius 1 is 1.67 bits per heavy atom. The SMILES string of the molecule is CC1(Nc2nccc(C#N)n2)CCOC1. The predicted octanol–water partition coefficient (Wildman–Crippen LogP) is 0.939. The van der Waals surface area contributed by atoms with Crippen LogP contribution in [0.4, 0.5) is 5.95 Å². The van der Waals surface area contributed by atoms with Crippen molar-refractivity contribution < 1.29 is 4.74 Å². The van der Waals surface area contributed by atoms with E-state index in [2.05, 4.69) is 22.2 Å². The number of nitriles is 1. The van der Waals surface area contributed by atoms with Crippen LogP contribution < -0.4 is 5.32 Å². The number of rotatable bonds is 2. The molecule has 1 N–H and O–H groups in total. The molecule has 0 aromatic carbocycles. The van der Waals surface area contributed by atoms with Gasteiger partial charge in [-0.25, -0.2) is 9.97 Å². The fraction of sp³-hybridized carbons (Fsp3) is 0.500. The Kier molecular flexibility index (Phi) is 2.52. The number of aromatic nitrogens is 2. The van der Waals surface area contributed by atoms with Gasteiger partial charge in [0.2, 0.25) is 5.95 Å². The van der Waals surface area contributed by atoms with E-state index < -0.39 is 0 Å². The van der Waals surface area contributed by atoms with Gasteiger partial charge in [-0.3, -0.25) is 0 Å². The van der Waals surface area contributed by atoms with E-state index in [0.29, 0.717) is 18.2 Å². The van der Waals surface area contributed by atoms with Crippen molar-refractivity contribution in [2.75, 3.05) is 18.5 Å². The van der Waals surface area contributed by atoms with Gasteiger partial charge in [0.05, 0.1) is 12.1 Å². The summed E-state index contributed by atoms with van der Waals surface area (Å²) >= 11 is 0. The van der Waals surface area contributed by atoms with E-state index >= 15 is 0 Å². The van der Waals surface area contributed by atoms with Gasteiger partial charge in [-0.2, -0.15) is 5.26 Å². The van der Waals surface area contributed by atoms with Crippen molar-refractivity contribution in [3.63, 3.8) is 0 Å². The molecule has 0 radical (unpaired) electrons. The van der Waals surface area contributed by atoms with E-state index in [9.17, 15) is 0 Å². The molecule has 0 aliphatic carbocycles. The fourth-order valence-corrected chi connectivity index (χ4v) is 1.52. The van der Waals surface area contributed by atoms with E-state index in [1.165, 1.54) is 0 Å². The predicted molar refractivity (Wildman–Crippen MR) is 54.2 cm³/mol. The van der Waals surface area contributed by atoms with Crippen molar-refractivity contribution in [3.8, 4) is 6.07 Å². The van der Waals surface area contributed by atoms with Crippen LogP contribution in [0.15, 0.2) is 12.3 Å². The molecule has 1 fully saturated rings. The van der Waals surface area contributed by atoms with Crippen LogP contribution in [0.5, 0.6) is 0 Å². The molecule has 0 amide bonds. The van der Waals surface area contributed by atoms with Crippen molar-refractivity contribution >= 4 is 5.95 Å². The van der Waals surface area contributed by atoms with Crippen molar-refractivity contribution in [2.45, 2.75) is 18.9 Å². The highest BCUT2D eigenvalue weighted by Crippen LogP contribution is 2.21. The molecule has 0 saturated carbocycles. The second kappa shape index (κ2) is 3.83. The van der Waals surface area contributed by atoms with E-state index in [1.807, 2.05) is 6.07 Å². The van der Waals surface area contributed by atoms with Gasteiger partial charge in [0.25, 0.3) is 0 Å². The highest BCUT2D eigenvalue weighted by Gasteiger charge is 2.30. The van der Waals surface area contributed by atoms with Crippen LogP contribution in [-0.2, 0) is 4.74 Å². The van der Waals surface area contributed by atoms with E-state index in [0.717, 1.165) is 13.0 Å². The molecule has 1 unspecified atom stereocenters. The lowest BCUT2D eigenvalue weighted by Crippen LogP contribution is -2.35. The zero-order valence-corrected chi connectivity index (χ0v) is 8.53. The lowest BCUT2D eigenvalue weighted by atomic mass is 10.0. The third kappa shape index (κ3) is 2.22. The van der Waals surface area contributed by atoms with Crippen LogP contribution in [0.3, 0.4) is 0 Å². The Balaban J connectivity index is 2.13. The highest BCUT2D eigenvalue weighted by molar-refractivity contribution is 5.33. The Bertz CT molecular complexity index is 393. The van der Waals surface area contributed by atoms with Crippen LogP contribution >= 0.6 is 0 Å². The third-order valence-electron chi connectivity index (χ3n) is 2.40. The van der Waals surface area contributed by atoms with Crippen molar-refractivity contribution in [2.24, 2.45) is 0 Å². The molecule has 78 valence electrons. The van der Waals surface area contributed by atoms with Gasteiger partial charge < -0.3 is 10.1 Å². The minimum absolute atomic E-state index is 0.117. The molecule has 5 nitrogen and oxygen atoms in total. The molecule has 1 aromatic heterocycles. The quantitative estimate of drug-likeness (QED) is 0.776. The Morgan fingerprint density at radius 3 is 3.20 bits per heavy atom. The topological polar surface area (TPSA) is 70.8 Å². The molecule has 1 atom stereocenters. The van der Waals surface area contributed by atoms with E-state index in [1.54, 1.807) is 12.3 Å². The van der Waals surface area contributed by atoms with Gasteiger partial charge in [0.15, 0.2) is 0 Å². The molecule has 0 spiro atoms. The molecule has 2 heterocycles. The molecule has 2 rings (SSSR count). The summed E-state index contributed by atoms with van der Waals surface area (Å²) in [5, 5.41) is 11.9. The van der Waals surface area contributed by atoms with Crippen LogP contribution in [0, 0.1) is 11.3 Å². The maximum absolute atomic E-state index is 8.69. The molecule has 15 heavy (non-hydrogen) atoms. The summed E-state index contributed by atoms with van der Waals surface area (Å²) in [7, 11) is 0. The summed E-state index contributed by atoms with van der Waals surface area (Å²) in [6.07, 6.45) is 2.50. The van der Waals surface area contributed by atoms with Gasteiger partial charge >= 0.3 is 0 Å². The summed E-state index contributed by atoms with van der Waals surface area (Å²) in [5.74, 6) is 0.488. The van der Waals surface area contributed by atoms with Crippen LogP contribution in [0.2, 0.25) is 0 Å². The number of anilines is 1. The first-order valence-electron chi connectivity index (χ1n) is 4.81. The number of ether oxygens (including phenoxy) is 1. The first-order chi connectivity index (χ1) is 7.22. The molecule has 1 aliphatic heterocycles. The number of nitrogens with zero attached hydrogens (tertiary/aromatic N) is 3. The zero-order chi connectivity index (χ0) is 10.7. The Labute approximate surface area is 88.1 Å². The number of hydrogen-bond donors (Lipinski definition) is 1. The summed E-state index contributed by atoms with van der Waals surface area (Å²) in [5.41, 5.74) is 0.253. The normalized spacial score (nSPS) is 24.8. The lowest BCUT2D eigenvalue weighted by molar-refractivity contribution is 0.185. The van der Waals surface area contributed by atoms with E-state index in [-0.39, 0.29) is 5.54 Å². The largest absolute Gasteiger partial charge is 0.379 e. The van der Waals surface area contributed by atoms with Gasteiger partial charge in [-0.15, -0.1) is 0 Å². The van der Waals surface area contributed by atoms with Gasteiger partial charge in [-0.1, -0.05) is 0 Å². The second-order valence-electron chi connectivity index (χ2n) is 3.87. The number of nitrogens with one attached hydrogen (secondary N) is 1. The minimum Gasteiger partial charge on any atom is -0.379 e. The Hall–Kier alpha value is -1.67. The van der Waals surface area contributed by atoms with Gasteiger partial charge in [-0.05, 0) is 19.4 Å². The third-order valence-corrected chi connectivity index (χ3v) is 2.40.